The first-order valence-electron chi connectivity index (χ1n) is 4.30. The molecular weight excluding hydrogens is 120 g/mol. The van der Waals surface area contributed by atoms with Crippen molar-refractivity contribution in [3.05, 3.63) is 18.1 Å². The van der Waals surface area contributed by atoms with Crippen LogP contribution in [0.15, 0.2) is 12.2 Å². The van der Waals surface area contributed by atoms with E-state index in [0.29, 0.717) is 0 Å². The summed E-state index contributed by atoms with van der Waals surface area (Å²) in [4.78, 5) is 0. The molecule has 0 atom stereocenters. The molecule has 0 heterocycles. The van der Waals surface area contributed by atoms with Gasteiger partial charge in [0.05, 0.1) is 0 Å². The van der Waals surface area contributed by atoms with Gasteiger partial charge in [0.25, 0.3) is 0 Å². The number of allylic oxidation sites excluding steroid dienone is 2. The summed E-state index contributed by atoms with van der Waals surface area (Å²) in [6.45, 7) is 4.58. The van der Waals surface area contributed by atoms with E-state index in [4.69, 9.17) is 0 Å². The highest BCUT2D eigenvalue weighted by Crippen LogP contribution is 2.25. The van der Waals surface area contributed by atoms with Crippen molar-refractivity contribution in [2.24, 2.45) is 5.92 Å². The van der Waals surface area contributed by atoms with Gasteiger partial charge in [-0.1, -0.05) is 32.4 Å². The molecule has 1 aliphatic rings. The van der Waals surface area contributed by atoms with Gasteiger partial charge in [-0.2, -0.15) is 0 Å². The van der Waals surface area contributed by atoms with E-state index in [2.05, 4.69) is 26.0 Å². The van der Waals surface area contributed by atoms with E-state index in [9.17, 15) is 0 Å². The van der Waals surface area contributed by atoms with Gasteiger partial charge in [-0.25, -0.2) is 0 Å². The molecule has 0 heteroatoms. The topological polar surface area (TPSA) is 0 Å². The van der Waals surface area contributed by atoms with E-state index in [0.717, 1.165) is 5.92 Å². The van der Waals surface area contributed by atoms with Crippen molar-refractivity contribution in [2.75, 3.05) is 0 Å². The molecule has 0 saturated heterocycles. The summed E-state index contributed by atoms with van der Waals surface area (Å²) < 4.78 is 0. The zero-order valence-electron chi connectivity index (χ0n) is 7.06. The molecular formula is C10H17. The van der Waals surface area contributed by atoms with Crippen molar-refractivity contribution in [1.82, 2.24) is 0 Å². The monoisotopic (exact) mass is 137 g/mol. The molecule has 0 aromatic rings. The van der Waals surface area contributed by atoms with Crippen LogP contribution in [-0.4, -0.2) is 0 Å². The predicted octanol–water partition coefficient (Wildman–Crippen LogP) is 3.35. The first-order chi connectivity index (χ1) is 4.79. The summed E-state index contributed by atoms with van der Waals surface area (Å²) in [5.74, 6) is 2.52. The van der Waals surface area contributed by atoms with Crippen molar-refractivity contribution in [3.63, 3.8) is 0 Å². The molecule has 0 saturated carbocycles. The zero-order chi connectivity index (χ0) is 7.40. The summed E-state index contributed by atoms with van der Waals surface area (Å²) in [5.41, 5.74) is 0. The Morgan fingerprint density at radius 1 is 1.50 bits per heavy atom. The average molecular weight is 137 g/mol. The molecule has 1 rings (SSSR count). The molecule has 10 heavy (non-hydrogen) atoms. The highest BCUT2D eigenvalue weighted by molar-refractivity contribution is 5.16. The van der Waals surface area contributed by atoms with E-state index in [1.165, 1.54) is 25.7 Å². The van der Waals surface area contributed by atoms with Crippen LogP contribution in [0.3, 0.4) is 0 Å². The Balaban J connectivity index is 2.08. The van der Waals surface area contributed by atoms with Crippen LogP contribution in [0, 0.1) is 11.8 Å². The highest BCUT2D eigenvalue weighted by Gasteiger charge is 2.09. The Kier molecular flexibility index (Phi) is 2.98. The van der Waals surface area contributed by atoms with E-state index in [-0.39, 0.29) is 0 Å². The fraction of sp³-hybridized carbons (Fsp3) is 0.700. The summed E-state index contributed by atoms with van der Waals surface area (Å²) in [6, 6.07) is 0. The maximum atomic E-state index is 2.31. The second-order valence-electron chi connectivity index (χ2n) is 3.53. The second-order valence-corrected chi connectivity index (χ2v) is 3.53. The minimum Gasteiger partial charge on any atom is -0.0879 e. The largest absolute Gasteiger partial charge is 0.0879 e. The highest BCUT2D eigenvalue weighted by atomic mass is 14.1. The molecule has 0 aromatic heterocycles. The van der Waals surface area contributed by atoms with E-state index >= 15 is 0 Å². The van der Waals surface area contributed by atoms with Crippen LogP contribution in [0.25, 0.3) is 0 Å². The third-order valence-electron chi connectivity index (χ3n) is 2.03. The Hall–Kier alpha value is -0.260. The molecule has 0 N–H and O–H groups in total. The lowest BCUT2D eigenvalue weighted by molar-refractivity contribution is 0.563. The van der Waals surface area contributed by atoms with Gasteiger partial charge in [-0.15, -0.1) is 0 Å². The van der Waals surface area contributed by atoms with Gasteiger partial charge in [0.2, 0.25) is 0 Å². The van der Waals surface area contributed by atoms with E-state index < -0.39 is 0 Å². The Morgan fingerprint density at radius 2 is 2.30 bits per heavy atom. The molecule has 0 nitrogen and oxygen atoms in total. The number of hydrogen-bond donors (Lipinski definition) is 0. The molecule has 0 bridgehead atoms. The zero-order valence-corrected chi connectivity index (χ0v) is 7.06. The normalized spacial score (nSPS) is 19.1. The molecule has 1 radical (unpaired) electrons. The number of rotatable bonds is 3. The lowest BCUT2D eigenvalue weighted by atomic mass is 9.98. The molecule has 0 amide bonds. The molecule has 0 aromatic carbocycles. The molecule has 0 unspecified atom stereocenters. The van der Waals surface area contributed by atoms with Gasteiger partial charge in [0.1, 0.15) is 0 Å². The van der Waals surface area contributed by atoms with Gasteiger partial charge >= 0.3 is 0 Å². The van der Waals surface area contributed by atoms with Crippen LogP contribution >= 0.6 is 0 Å². The summed E-state index contributed by atoms with van der Waals surface area (Å²) in [5, 5.41) is 0. The van der Waals surface area contributed by atoms with Crippen molar-refractivity contribution in [3.8, 4) is 0 Å². The first kappa shape index (κ1) is 7.84. The molecule has 57 valence electrons. The molecule has 0 fully saturated rings. The van der Waals surface area contributed by atoms with E-state index in [1.807, 2.05) is 0 Å². The van der Waals surface area contributed by atoms with Crippen LogP contribution in [0.5, 0.6) is 0 Å². The predicted molar refractivity (Wildman–Crippen MR) is 45.7 cm³/mol. The van der Waals surface area contributed by atoms with Crippen molar-refractivity contribution >= 4 is 0 Å². The molecule has 0 spiro atoms. The van der Waals surface area contributed by atoms with Gasteiger partial charge in [-0.05, 0) is 31.1 Å². The van der Waals surface area contributed by atoms with Crippen LogP contribution < -0.4 is 0 Å². The minimum atomic E-state index is 0.862. The lowest BCUT2D eigenvalue weighted by Gasteiger charge is -2.07. The fourth-order valence-corrected chi connectivity index (χ4v) is 1.28. The Morgan fingerprint density at radius 3 is 2.80 bits per heavy atom. The summed E-state index contributed by atoms with van der Waals surface area (Å²) in [7, 11) is 0. The Bertz CT molecular complexity index is 111. The second kappa shape index (κ2) is 3.80. The van der Waals surface area contributed by atoms with Crippen LogP contribution in [0.4, 0.5) is 0 Å². The fourth-order valence-electron chi connectivity index (χ4n) is 1.28. The van der Waals surface area contributed by atoms with Gasteiger partial charge in [0, 0.05) is 0 Å². The standard InChI is InChI=1S/C10H17/c1-9(2)7-8-10-5-3-4-6-10/h3,5,9H,4,6-8H2,1-2H3. The van der Waals surface area contributed by atoms with Crippen LogP contribution in [-0.2, 0) is 0 Å². The molecule has 1 aliphatic carbocycles. The number of hydrogen-bond acceptors (Lipinski definition) is 0. The average Bonchev–Trinajstić information content (AvgIpc) is 2.34. The van der Waals surface area contributed by atoms with Gasteiger partial charge in [-0.3, -0.25) is 0 Å². The van der Waals surface area contributed by atoms with Crippen molar-refractivity contribution in [2.45, 2.75) is 39.5 Å². The summed E-state index contributed by atoms with van der Waals surface area (Å²) >= 11 is 0. The Labute approximate surface area is 64.3 Å². The van der Waals surface area contributed by atoms with Crippen LogP contribution in [0.2, 0.25) is 0 Å². The maximum Gasteiger partial charge on any atom is -0.00242 e. The van der Waals surface area contributed by atoms with Gasteiger partial charge < -0.3 is 0 Å². The summed E-state index contributed by atoms with van der Waals surface area (Å²) in [6.07, 6.45) is 9.89. The molecule has 0 aliphatic heterocycles. The van der Waals surface area contributed by atoms with Crippen molar-refractivity contribution < 1.29 is 0 Å². The third kappa shape index (κ3) is 2.55. The lowest BCUT2D eigenvalue weighted by Crippen LogP contribution is -1.93. The van der Waals surface area contributed by atoms with Crippen molar-refractivity contribution in [1.29, 1.82) is 0 Å². The van der Waals surface area contributed by atoms with E-state index in [1.54, 1.807) is 5.92 Å². The quantitative estimate of drug-likeness (QED) is 0.559. The maximum absolute atomic E-state index is 2.31. The third-order valence-corrected chi connectivity index (χ3v) is 2.03. The first-order valence-corrected chi connectivity index (χ1v) is 4.30. The SMILES string of the molecule is CC(C)CC[C]1C=CCC1. The minimum absolute atomic E-state index is 0.862. The van der Waals surface area contributed by atoms with Gasteiger partial charge in [0.15, 0.2) is 0 Å². The smallest absolute Gasteiger partial charge is 0.00242 e. The van der Waals surface area contributed by atoms with Crippen LogP contribution in [0.1, 0.15) is 39.5 Å².